The van der Waals surface area contributed by atoms with Crippen LogP contribution in [0.1, 0.15) is 291 Å². The minimum Gasteiger partial charge on any atom is -0.462 e. The van der Waals surface area contributed by atoms with Gasteiger partial charge in [-0.1, -0.05) is 253 Å². The summed E-state index contributed by atoms with van der Waals surface area (Å²) < 4.78 is 16.8. The Morgan fingerprint density at radius 2 is 0.644 bits per heavy atom. The van der Waals surface area contributed by atoms with E-state index in [9.17, 15) is 14.4 Å². The van der Waals surface area contributed by atoms with Crippen LogP contribution in [-0.2, 0) is 28.6 Å². The molecule has 0 rings (SSSR count). The Bertz CT molecular complexity index is 902. The van der Waals surface area contributed by atoms with Gasteiger partial charge in [-0.2, -0.15) is 0 Å². The van der Waals surface area contributed by atoms with Crippen LogP contribution in [-0.4, -0.2) is 37.2 Å². The Labute approximate surface area is 368 Å². The predicted molar refractivity (Wildman–Crippen MR) is 252 cm³/mol. The molecule has 0 radical (unpaired) electrons. The molecule has 0 aliphatic carbocycles. The quantitative estimate of drug-likeness (QED) is 0.0345. The van der Waals surface area contributed by atoms with Gasteiger partial charge in [0.2, 0.25) is 0 Å². The van der Waals surface area contributed by atoms with Crippen molar-refractivity contribution >= 4 is 17.9 Å². The Hall–Kier alpha value is -1.59. The summed E-state index contributed by atoms with van der Waals surface area (Å²) in [6.45, 7) is 11.4. The lowest BCUT2D eigenvalue weighted by atomic mass is 9.99. The molecule has 2 atom stereocenters. The van der Waals surface area contributed by atoms with Crippen LogP contribution in [0.3, 0.4) is 0 Å². The first kappa shape index (κ1) is 57.4. The molecular weight excluding hydrogens is 733 g/mol. The summed E-state index contributed by atoms with van der Waals surface area (Å²) in [6, 6.07) is 0. The molecule has 0 aromatic rings. The standard InChI is InChI=1S/C53H102O6/c1-6-8-9-10-11-12-13-14-15-16-17-24-30-35-40-45-53(56)59-50(47-58-52(55)44-39-34-29-25-20-21-26-31-36-41-48(3)4)46-57-51(54)43-38-33-28-23-19-18-22-27-32-37-42-49(5)7-2/h48-50H,6-47H2,1-5H3/t49?,50-/m0/s1. The van der Waals surface area contributed by atoms with E-state index in [-0.39, 0.29) is 31.1 Å². The highest BCUT2D eigenvalue weighted by atomic mass is 16.6. The Morgan fingerprint density at radius 3 is 0.966 bits per heavy atom. The summed E-state index contributed by atoms with van der Waals surface area (Å²) >= 11 is 0. The molecule has 0 aromatic heterocycles. The van der Waals surface area contributed by atoms with Gasteiger partial charge in [-0.25, -0.2) is 0 Å². The zero-order valence-corrected chi connectivity index (χ0v) is 40.4. The van der Waals surface area contributed by atoms with E-state index in [1.807, 2.05) is 0 Å². The first-order chi connectivity index (χ1) is 28.8. The highest BCUT2D eigenvalue weighted by Gasteiger charge is 2.19. The van der Waals surface area contributed by atoms with Crippen molar-refractivity contribution < 1.29 is 28.6 Å². The van der Waals surface area contributed by atoms with E-state index in [4.69, 9.17) is 14.2 Å². The normalized spacial score (nSPS) is 12.5. The SMILES string of the molecule is CCCCCCCCCCCCCCCCCC(=O)O[C@@H](COC(=O)CCCCCCCCCCCCC(C)CC)COC(=O)CCCCCCCCCCCC(C)C. The van der Waals surface area contributed by atoms with Crippen molar-refractivity contribution in [1.29, 1.82) is 0 Å². The summed E-state index contributed by atoms with van der Waals surface area (Å²) in [7, 11) is 0. The second-order valence-electron chi connectivity index (χ2n) is 18.9. The number of ether oxygens (including phenoxy) is 3. The average Bonchev–Trinajstić information content (AvgIpc) is 3.22. The van der Waals surface area contributed by atoms with Gasteiger partial charge in [0.05, 0.1) is 0 Å². The monoisotopic (exact) mass is 835 g/mol. The third-order valence-corrected chi connectivity index (χ3v) is 12.3. The summed E-state index contributed by atoms with van der Waals surface area (Å²) in [4.78, 5) is 38.0. The van der Waals surface area contributed by atoms with Crippen molar-refractivity contribution in [1.82, 2.24) is 0 Å². The molecule has 0 aliphatic heterocycles. The van der Waals surface area contributed by atoms with Crippen LogP contribution in [0, 0.1) is 11.8 Å². The van der Waals surface area contributed by atoms with E-state index in [1.165, 1.54) is 180 Å². The number of carbonyl (C=O) groups excluding carboxylic acids is 3. The summed E-state index contributed by atoms with van der Waals surface area (Å²) in [5.41, 5.74) is 0. The molecule has 0 bridgehead atoms. The molecule has 0 spiro atoms. The molecule has 0 aliphatic rings. The molecule has 6 nitrogen and oxygen atoms in total. The third-order valence-electron chi connectivity index (χ3n) is 12.3. The van der Waals surface area contributed by atoms with Crippen molar-refractivity contribution in [3.8, 4) is 0 Å². The maximum Gasteiger partial charge on any atom is 0.306 e. The molecule has 350 valence electrons. The zero-order chi connectivity index (χ0) is 43.3. The van der Waals surface area contributed by atoms with E-state index in [0.29, 0.717) is 19.3 Å². The number of hydrogen-bond donors (Lipinski definition) is 0. The second kappa shape index (κ2) is 45.9. The molecule has 1 unspecified atom stereocenters. The van der Waals surface area contributed by atoms with Crippen molar-refractivity contribution in [3.63, 3.8) is 0 Å². The average molecular weight is 835 g/mol. The maximum atomic E-state index is 12.8. The fraction of sp³-hybridized carbons (Fsp3) is 0.943. The molecule has 0 heterocycles. The fourth-order valence-electron chi connectivity index (χ4n) is 7.96. The van der Waals surface area contributed by atoms with E-state index >= 15 is 0 Å². The minimum atomic E-state index is -0.762. The molecule has 6 heteroatoms. The number of unbranched alkanes of at least 4 members (excludes halogenated alkanes) is 31. The lowest BCUT2D eigenvalue weighted by Crippen LogP contribution is -2.30. The smallest absolute Gasteiger partial charge is 0.306 e. The topological polar surface area (TPSA) is 78.9 Å². The summed E-state index contributed by atoms with van der Waals surface area (Å²) in [6.07, 6.45) is 46.5. The first-order valence-corrected chi connectivity index (χ1v) is 26.3. The second-order valence-corrected chi connectivity index (χ2v) is 18.9. The lowest BCUT2D eigenvalue weighted by molar-refractivity contribution is -0.167. The number of carbonyl (C=O) groups is 3. The van der Waals surface area contributed by atoms with E-state index in [2.05, 4.69) is 34.6 Å². The molecule has 0 N–H and O–H groups in total. The predicted octanol–water partition coefficient (Wildman–Crippen LogP) is 16.9. The molecule has 0 fully saturated rings. The van der Waals surface area contributed by atoms with Gasteiger partial charge >= 0.3 is 17.9 Å². The molecule has 0 aromatic carbocycles. The third kappa shape index (κ3) is 45.8. The van der Waals surface area contributed by atoms with Crippen LogP contribution < -0.4 is 0 Å². The van der Waals surface area contributed by atoms with E-state index < -0.39 is 6.10 Å². The Kier molecular flexibility index (Phi) is 44.7. The van der Waals surface area contributed by atoms with Gasteiger partial charge in [0.1, 0.15) is 13.2 Å². The van der Waals surface area contributed by atoms with Crippen molar-refractivity contribution in [2.24, 2.45) is 11.8 Å². The highest BCUT2D eigenvalue weighted by Crippen LogP contribution is 2.18. The largest absolute Gasteiger partial charge is 0.462 e. The van der Waals surface area contributed by atoms with Crippen LogP contribution in [0.15, 0.2) is 0 Å². The van der Waals surface area contributed by atoms with Gasteiger partial charge in [0.15, 0.2) is 6.10 Å². The lowest BCUT2D eigenvalue weighted by Gasteiger charge is -2.18. The van der Waals surface area contributed by atoms with Gasteiger partial charge in [-0.15, -0.1) is 0 Å². The van der Waals surface area contributed by atoms with Gasteiger partial charge in [0.25, 0.3) is 0 Å². The zero-order valence-electron chi connectivity index (χ0n) is 40.4. The molecule has 0 amide bonds. The fourth-order valence-corrected chi connectivity index (χ4v) is 7.96. The van der Waals surface area contributed by atoms with Crippen molar-refractivity contribution in [3.05, 3.63) is 0 Å². The van der Waals surface area contributed by atoms with Crippen LogP contribution in [0.5, 0.6) is 0 Å². The van der Waals surface area contributed by atoms with Gasteiger partial charge in [0, 0.05) is 19.3 Å². The highest BCUT2D eigenvalue weighted by molar-refractivity contribution is 5.71. The molecule has 59 heavy (non-hydrogen) atoms. The van der Waals surface area contributed by atoms with Crippen LogP contribution in [0.2, 0.25) is 0 Å². The molecule has 0 saturated carbocycles. The number of esters is 3. The van der Waals surface area contributed by atoms with Gasteiger partial charge in [-0.3, -0.25) is 14.4 Å². The summed E-state index contributed by atoms with van der Waals surface area (Å²) in [5, 5.41) is 0. The molecular formula is C53H102O6. The summed E-state index contributed by atoms with van der Waals surface area (Å²) in [5.74, 6) is 0.830. The Balaban J connectivity index is 4.32. The van der Waals surface area contributed by atoms with Crippen molar-refractivity contribution in [2.75, 3.05) is 13.2 Å². The van der Waals surface area contributed by atoms with Crippen LogP contribution in [0.25, 0.3) is 0 Å². The Morgan fingerprint density at radius 1 is 0.356 bits per heavy atom. The number of hydrogen-bond acceptors (Lipinski definition) is 6. The first-order valence-electron chi connectivity index (χ1n) is 26.3. The van der Waals surface area contributed by atoms with Crippen molar-refractivity contribution in [2.45, 2.75) is 298 Å². The van der Waals surface area contributed by atoms with Gasteiger partial charge in [-0.05, 0) is 31.1 Å². The van der Waals surface area contributed by atoms with Crippen LogP contribution in [0.4, 0.5) is 0 Å². The van der Waals surface area contributed by atoms with E-state index in [0.717, 1.165) is 69.6 Å². The van der Waals surface area contributed by atoms with Gasteiger partial charge < -0.3 is 14.2 Å². The molecule has 0 saturated heterocycles. The number of rotatable bonds is 47. The van der Waals surface area contributed by atoms with E-state index in [1.54, 1.807) is 0 Å². The van der Waals surface area contributed by atoms with Crippen LogP contribution >= 0.6 is 0 Å². The maximum absolute atomic E-state index is 12.8. The minimum absolute atomic E-state index is 0.0640.